The Morgan fingerprint density at radius 3 is 2.02 bits per heavy atom. The molecule has 0 radical (unpaired) electrons. The maximum absolute atomic E-state index is 12.8. The highest BCUT2D eigenvalue weighted by Gasteiger charge is 2.47. The van der Waals surface area contributed by atoms with Crippen LogP contribution in [0.4, 0.5) is 0 Å². The second-order valence-electron chi connectivity index (χ2n) is 12.8. The average Bonchev–Trinajstić information content (AvgIpc) is 3.10. The van der Waals surface area contributed by atoms with Crippen molar-refractivity contribution in [1.82, 2.24) is 10.2 Å². The van der Waals surface area contributed by atoms with Crippen LogP contribution in [-0.4, -0.2) is 152 Å². The predicted octanol–water partition coefficient (Wildman–Crippen LogP) is -0.812. The molecule has 288 valence electrons. The van der Waals surface area contributed by atoms with Crippen LogP contribution in [0.3, 0.4) is 0 Å². The minimum Gasteiger partial charge on any atom is -0.394 e. The summed E-state index contributed by atoms with van der Waals surface area (Å²) in [6.07, 6.45) is 3.15. The zero-order valence-corrected chi connectivity index (χ0v) is 29.2. The van der Waals surface area contributed by atoms with E-state index in [1.54, 1.807) is 0 Å². The number of aliphatic hydroxyl groups is 8. The lowest BCUT2D eigenvalue weighted by Crippen LogP contribution is -2.62. The molecule has 1 heterocycles. The van der Waals surface area contributed by atoms with Crippen LogP contribution in [0.25, 0.3) is 0 Å². The number of aliphatic hydroxyl groups excluding tert-OH is 8. The summed E-state index contributed by atoms with van der Waals surface area (Å²) in [5, 5.41) is 82.7. The number of allylic oxidation sites excluding steroid dienone is 2. The Morgan fingerprint density at radius 2 is 1.45 bits per heavy atom. The molecule has 0 aromatic rings. The fourth-order valence-electron chi connectivity index (χ4n) is 5.61. The first-order valence-corrected chi connectivity index (χ1v) is 18.0. The molecule has 0 spiro atoms. The number of nitrogens with zero attached hydrogens (tertiary/aromatic N) is 1. The summed E-state index contributed by atoms with van der Waals surface area (Å²) in [5.41, 5.74) is 5.68. The summed E-state index contributed by atoms with van der Waals surface area (Å²) >= 11 is 0. The molecule has 49 heavy (non-hydrogen) atoms. The molecule has 9 atom stereocenters. The van der Waals surface area contributed by atoms with Crippen molar-refractivity contribution < 1.29 is 59.9 Å². The Labute approximate surface area is 291 Å². The number of carbonyl (C=O) groups is 2. The number of nitrogens with one attached hydrogen (secondary N) is 1. The smallest absolute Gasteiger partial charge is 0.251 e. The fraction of sp³-hybridized carbons (Fsp3) is 0.882. The zero-order valence-electron chi connectivity index (χ0n) is 29.2. The minimum absolute atomic E-state index is 0.0818. The van der Waals surface area contributed by atoms with Crippen LogP contribution in [0.2, 0.25) is 0 Å². The average molecular weight is 708 g/mol. The second kappa shape index (κ2) is 27.0. The molecule has 1 rings (SSSR count). The van der Waals surface area contributed by atoms with Gasteiger partial charge in [0.2, 0.25) is 5.91 Å². The molecule has 11 N–H and O–H groups in total. The van der Waals surface area contributed by atoms with E-state index in [2.05, 4.69) is 24.4 Å². The third-order valence-electron chi connectivity index (χ3n) is 8.72. The molecular weight excluding hydrogens is 642 g/mol. The van der Waals surface area contributed by atoms with Crippen molar-refractivity contribution in [3.63, 3.8) is 0 Å². The molecule has 1 saturated heterocycles. The van der Waals surface area contributed by atoms with Crippen LogP contribution in [-0.2, 0) is 19.1 Å². The number of nitrogens with two attached hydrogens (primary N) is 1. The van der Waals surface area contributed by atoms with Gasteiger partial charge in [-0.3, -0.25) is 9.59 Å². The highest BCUT2D eigenvalue weighted by atomic mass is 16.7. The first-order valence-electron chi connectivity index (χ1n) is 18.0. The number of amides is 2. The van der Waals surface area contributed by atoms with E-state index in [0.29, 0.717) is 6.42 Å². The highest BCUT2D eigenvalue weighted by molar-refractivity contribution is 5.81. The number of hydrogen-bond acceptors (Lipinski definition) is 13. The molecular formula is C34H65N3O12. The standard InChI is InChI=1S/C34H65N3O12/c1-2-3-4-5-6-7-8-9-10-11-12-13-14-15-16-17-26(41)37(20-18-35)21-19-36-33(47)30(45)29(44)32(24(40)22-38)49-34-31(46)28(43)27(42)25(23-39)48-34/h9-10,24-25,27-32,34,38-40,42-46H,2-8,11-23,35H2,1H3,(H,36,47)/t24?,25?,27-,28-,29?,30?,31?,32?,34-/m0/s1. The molecule has 0 aliphatic carbocycles. The lowest BCUT2D eigenvalue weighted by molar-refractivity contribution is -0.326. The van der Waals surface area contributed by atoms with Crippen molar-refractivity contribution in [2.24, 2.45) is 5.73 Å². The summed E-state index contributed by atoms with van der Waals surface area (Å²) in [7, 11) is 0. The van der Waals surface area contributed by atoms with Crippen LogP contribution in [0, 0.1) is 0 Å². The number of rotatable bonds is 28. The Kier molecular flexibility index (Phi) is 24.9. The number of hydrogen-bond donors (Lipinski definition) is 10. The molecule has 1 aliphatic rings. The van der Waals surface area contributed by atoms with Gasteiger partial charge in [-0.15, -0.1) is 0 Å². The molecule has 6 unspecified atom stereocenters. The molecule has 0 aromatic heterocycles. The lowest BCUT2D eigenvalue weighted by atomic mass is 9.98. The molecule has 15 nitrogen and oxygen atoms in total. The molecule has 0 saturated carbocycles. The Hall–Kier alpha value is -1.76. The van der Waals surface area contributed by atoms with Crippen molar-refractivity contribution in [3.8, 4) is 0 Å². The number of unbranched alkanes of at least 4 members (excludes halogenated alkanes) is 11. The Morgan fingerprint density at radius 1 is 0.857 bits per heavy atom. The van der Waals surface area contributed by atoms with Gasteiger partial charge in [0.05, 0.1) is 13.2 Å². The first kappa shape index (κ1) is 45.3. The van der Waals surface area contributed by atoms with Crippen molar-refractivity contribution in [2.45, 2.75) is 152 Å². The molecule has 15 heteroatoms. The Bertz CT molecular complexity index is 898. The van der Waals surface area contributed by atoms with E-state index in [4.69, 9.17) is 15.2 Å². The van der Waals surface area contributed by atoms with Crippen molar-refractivity contribution in [2.75, 3.05) is 39.4 Å². The van der Waals surface area contributed by atoms with Gasteiger partial charge in [-0.25, -0.2) is 0 Å². The van der Waals surface area contributed by atoms with Gasteiger partial charge >= 0.3 is 0 Å². The van der Waals surface area contributed by atoms with Gasteiger partial charge in [-0.1, -0.05) is 70.4 Å². The van der Waals surface area contributed by atoms with Crippen molar-refractivity contribution in [3.05, 3.63) is 12.2 Å². The zero-order chi connectivity index (χ0) is 36.6. The largest absolute Gasteiger partial charge is 0.394 e. The van der Waals surface area contributed by atoms with Crippen molar-refractivity contribution >= 4 is 11.8 Å². The fourth-order valence-corrected chi connectivity index (χ4v) is 5.61. The van der Waals surface area contributed by atoms with E-state index in [1.165, 1.54) is 43.4 Å². The summed E-state index contributed by atoms with van der Waals surface area (Å²) in [6, 6.07) is 0. The summed E-state index contributed by atoms with van der Waals surface area (Å²) < 4.78 is 10.5. The van der Waals surface area contributed by atoms with Gasteiger partial charge in [-0.2, -0.15) is 0 Å². The van der Waals surface area contributed by atoms with Crippen LogP contribution in [0.1, 0.15) is 96.8 Å². The SMILES string of the molecule is CCCCCCCCC=CCCCCCCCC(=O)N(CCN)CCNC(=O)C(O)C(O)C(O[C@@H]1OC(CO)[C@H](O)[C@H](O)C1O)C(O)CO. The summed E-state index contributed by atoms with van der Waals surface area (Å²) in [6.45, 7) is 0.965. The molecule has 0 aromatic carbocycles. The third-order valence-corrected chi connectivity index (χ3v) is 8.72. The topological polar surface area (TPSA) is 256 Å². The maximum atomic E-state index is 12.8. The molecule has 0 bridgehead atoms. The van der Waals surface area contributed by atoms with E-state index >= 15 is 0 Å². The van der Waals surface area contributed by atoms with E-state index in [1.807, 2.05) is 0 Å². The van der Waals surface area contributed by atoms with Gasteiger partial charge in [-0.05, 0) is 32.1 Å². The molecule has 2 amide bonds. The van der Waals surface area contributed by atoms with Gasteiger partial charge in [0.25, 0.3) is 5.91 Å². The van der Waals surface area contributed by atoms with E-state index in [-0.39, 0.29) is 32.1 Å². The van der Waals surface area contributed by atoms with E-state index in [9.17, 15) is 50.4 Å². The quantitative estimate of drug-likeness (QED) is 0.0353. The van der Waals surface area contributed by atoms with Gasteiger partial charge < -0.3 is 66.3 Å². The van der Waals surface area contributed by atoms with Crippen LogP contribution in [0.5, 0.6) is 0 Å². The van der Waals surface area contributed by atoms with Crippen LogP contribution in [0.15, 0.2) is 12.2 Å². The third kappa shape index (κ3) is 17.3. The van der Waals surface area contributed by atoms with Gasteiger partial charge in [0.1, 0.15) is 42.7 Å². The summed E-state index contributed by atoms with van der Waals surface area (Å²) in [5.74, 6) is -1.19. The maximum Gasteiger partial charge on any atom is 0.251 e. The number of carbonyl (C=O) groups excluding carboxylic acids is 2. The summed E-state index contributed by atoms with van der Waals surface area (Å²) in [4.78, 5) is 27.0. The minimum atomic E-state index is -2.19. The molecule has 1 fully saturated rings. The molecule has 1 aliphatic heterocycles. The highest BCUT2D eigenvalue weighted by Crippen LogP contribution is 2.25. The normalized spacial score (nSPS) is 23.7. The first-order chi connectivity index (χ1) is 23.5. The monoisotopic (exact) mass is 707 g/mol. The second-order valence-corrected chi connectivity index (χ2v) is 12.8. The Balaban J connectivity index is 2.43. The predicted molar refractivity (Wildman–Crippen MR) is 182 cm³/mol. The van der Waals surface area contributed by atoms with E-state index in [0.717, 1.165) is 44.9 Å². The van der Waals surface area contributed by atoms with Gasteiger partial charge in [0.15, 0.2) is 12.4 Å². The van der Waals surface area contributed by atoms with Crippen LogP contribution >= 0.6 is 0 Å². The van der Waals surface area contributed by atoms with E-state index < -0.39 is 74.2 Å². The number of ether oxygens (including phenoxy) is 2. The van der Waals surface area contributed by atoms with Crippen LogP contribution < -0.4 is 11.1 Å². The van der Waals surface area contributed by atoms with Gasteiger partial charge in [0, 0.05) is 32.6 Å². The van der Waals surface area contributed by atoms with Crippen molar-refractivity contribution in [1.29, 1.82) is 0 Å². The lowest BCUT2D eigenvalue weighted by Gasteiger charge is -2.42.